The van der Waals surface area contributed by atoms with Crippen LogP contribution in [0, 0.1) is 0 Å². The van der Waals surface area contributed by atoms with E-state index in [4.69, 9.17) is 5.11 Å². The van der Waals surface area contributed by atoms with Crippen molar-refractivity contribution >= 4 is 12.0 Å². The van der Waals surface area contributed by atoms with E-state index < -0.39 is 5.97 Å². The molecule has 0 heterocycles. The molecule has 0 fully saturated rings. The fraction of sp³-hybridized carbons (Fsp3) is 0.692. The Morgan fingerprint density at radius 2 is 1.74 bits per heavy atom. The summed E-state index contributed by atoms with van der Waals surface area (Å²) in [6, 6.07) is 0.578. The van der Waals surface area contributed by atoms with Gasteiger partial charge in [-0.2, -0.15) is 0 Å². The summed E-state index contributed by atoms with van der Waals surface area (Å²) in [6.07, 6.45) is 2.38. The second-order valence-electron chi connectivity index (χ2n) is 4.80. The van der Waals surface area contributed by atoms with Gasteiger partial charge in [0, 0.05) is 37.8 Å². The SMILES string of the molecule is CC(C)N(CCNC(=O)NC/C=C/C(=O)O)C(C)C. The lowest BCUT2D eigenvalue weighted by molar-refractivity contribution is -0.131. The van der Waals surface area contributed by atoms with Crippen molar-refractivity contribution in [2.45, 2.75) is 39.8 Å². The van der Waals surface area contributed by atoms with Gasteiger partial charge in [-0.1, -0.05) is 6.08 Å². The molecule has 0 radical (unpaired) electrons. The molecule has 6 heteroatoms. The average molecular weight is 271 g/mol. The predicted octanol–water partition coefficient (Wildman–Crippen LogP) is 1.05. The molecular formula is C13H25N3O3. The van der Waals surface area contributed by atoms with Crippen LogP contribution in [0.15, 0.2) is 12.2 Å². The second kappa shape index (κ2) is 9.38. The number of aliphatic carboxylic acids is 1. The molecule has 0 aromatic rings. The molecule has 0 unspecified atom stereocenters. The summed E-state index contributed by atoms with van der Waals surface area (Å²) in [5, 5.41) is 13.7. The van der Waals surface area contributed by atoms with Gasteiger partial charge in [0.15, 0.2) is 0 Å². The van der Waals surface area contributed by atoms with E-state index in [-0.39, 0.29) is 12.6 Å². The minimum absolute atomic E-state index is 0.205. The smallest absolute Gasteiger partial charge is 0.328 e. The zero-order chi connectivity index (χ0) is 14.8. The first-order valence-electron chi connectivity index (χ1n) is 6.51. The number of nitrogens with zero attached hydrogens (tertiary/aromatic N) is 1. The van der Waals surface area contributed by atoms with E-state index in [1.54, 1.807) is 0 Å². The first-order chi connectivity index (χ1) is 8.84. The third-order valence-electron chi connectivity index (χ3n) is 2.62. The summed E-state index contributed by atoms with van der Waals surface area (Å²) in [5.74, 6) is -1.02. The first kappa shape index (κ1) is 17.4. The van der Waals surface area contributed by atoms with Crippen LogP contribution in [-0.2, 0) is 4.79 Å². The minimum atomic E-state index is -1.02. The van der Waals surface area contributed by atoms with E-state index in [2.05, 4.69) is 43.2 Å². The Morgan fingerprint density at radius 1 is 1.16 bits per heavy atom. The molecule has 6 nitrogen and oxygen atoms in total. The molecule has 0 aliphatic rings. The molecule has 110 valence electrons. The molecule has 0 aromatic carbocycles. The number of hydrogen-bond donors (Lipinski definition) is 3. The van der Waals surface area contributed by atoms with E-state index in [1.165, 1.54) is 6.08 Å². The highest BCUT2D eigenvalue weighted by Crippen LogP contribution is 2.02. The summed E-state index contributed by atoms with van der Waals surface area (Å²) in [6.45, 7) is 10.0. The van der Waals surface area contributed by atoms with Gasteiger partial charge in [-0.25, -0.2) is 9.59 Å². The molecule has 3 N–H and O–H groups in total. The lowest BCUT2D eigenvalue weighted by Crippen LogP contribution is -2.44. The van der Waals surface area contributed by atoms with Crippen molar-refractivity contribution in [3.8, 4) is 0 Å². The quantitative estimate of drug-likeness (QED) is 0.576. The Kier molecular flexibility index (Phi) is 8.61. The van der Waals surface area contributed by atoms with Crippen molar-refractivity contribution in [3.05, 3.63) is 12.2 Å². The number of carbonyl (C=O) groups is 2. The van der Waals surface area contributed by atoms with Crippen molar-refractivity contribution in [2.24, 2.45) is 0 Å². The van der Waals surface area contributed by atoms with Crippen LogP contribution in [-0.4, -0.2) is 53.7 Å². The monoisotopic (exact) mass is 271 g/mol. The van der Waals surface area contributed by atoms with E-state index >= 15 is 0 Å². The largest absolute Gasteiger partial charge is 0.478 e. The minimum Gasteiger partial charge on any atom is -0.478 e. The summed E-state index contributed by atoms with van der Waals surface area (Å²) in [5.41, 5.74) is 0. The standard InChI is InChI=1S/C13H25N3O3/c1-10(2)16(11(3)4)9-8-15-13(19)14-7-5-6-12(17)18/h5-6,10-11H,7-9H2,1-4H3,(H,17,18)(H2,14,15,19)/b6-5+. The Balaban J connectivity index is 3.82. The molecule has 0 saturated heterocycles. The Morgan fingerprint density at radius 3 is 2.21 bits per heavy atom. The second-order valence-corrected chi connectivity index (χ2v) is 4.80. The van der Waals surface area contributed by atoms with Crippen LogP contribution < -0.4 is 10.6 Å². The van der Waals surface area contributed by atoms with Crippen LogP contribution in [0.4, 0.5) is 4.79 Å². The molecule has 2 amide bonds. The number of amides is 2. The third-order valence-corrected chi connectivity index (χ3v) is 2.62. The van der Waals surface area contributed by atoms with Crippen LogP contribution in [0.5, 0.6) is 0 Å². The highest BCUT2D eigenvalue weighted by Gasteiger charge is 2.12. The molecule has 0 aliphatic heterocycles. The van der Waals surface area contributed by atoms with Gasteiger partial charge in [0.1, 0.15) is 0 Å². The molecule has 19 heavy (non-hydrogen) atoms. The number of hydrogen-bond acceptors (Lipinski definition) is 3. The van der Waals surface area contributed by atoms with Crippen molar-refractivity contribution in [1.82, 2.24) is 15.5 Å². The van der Waals surface area contributed by atoms with E-state index in [9.17, 15) is 9.59 Å². The summed E-state index contributed by atoms with van der Waals surface area (Å²) in [4.78, 5) is 23.9. The van der Waals surface area contributed by atoms with Crippen molar-refractivity contribution < 1.29 is 14.7 Å². The fourth-order valence-electron chi connectivity index (χ4n) is 1.79. The molecule has 0 rings (SSSR count). The van der Waals surface area contributed by atoms with Crippen LogP contribution in [0.25, 0.3) is 0 Å². The zero-order valence-electron chi connectivity index (χ0n) is 12.1. The van der Waals surface area contributed by atoms with Gasteiger partial charge < -0.3 is 15.7 Å². The number of carbonyl (C=O) groups excluding carboxylic acids is 1. The molecule has 0 bridgehead atoms. The van der Waals surface area contributed by atoms with Crippen LogP contribution >= 0.6 is 0 Å². The summed E-state index contributed by atoms with van der Waals surface area (Å²) in [7, 11) is 0. The number of carboxylic acids is 1. The van der Waals surface area contributed by atoms with Gasteiger partial charge in [-0.05, 0) is 27.7 Å². The molecule has 0 aromatic heterocycles. The number of rotatable bonds is 8. The molecule has 0 spiro atoms. The highest BCUT2D eigenvalue weighted by atomic mass is 16.4. The Hall–Kier alpha value is -1.56. The number of nitrogens with one attached hydrogen (secondary N) is 2. The van der Waals surface area contributed by atoms with Gasteiger partial charge in [-0.3, -0.25) is 4.90 Å². The van der Waals surface area contributed by atoms with Crippen LogP contribution in [0.3, 0.4) is 0 Å². The Labute approximate surface area is 114 Å². The van der Waals surface area contributed by atoms with Crippen LogP contribution in [0.2, 0.25) is 0 Å². The van der Waals surface area contributed by atoms with Crippen molar-refractivity contribution in [2.75, 3.05) is 19.6 Å². The van der Waals surface area contributed by atoms with Crippen LogP contribution in [0.1, 0.15) is 27.7 Å². The van der Waals surface area contributed by atoms with Crippen molar-refractivity contribution in [1.29, 1.82) is 0 Å². The van der Waals surface area contributed by atoms with E-state index in [0.29, 0.717) is 18.6 Å². The lowest BCUT2D eigenvalue weighted by atomic mass is 10.2. The number of urea groups is 1. The topological polar surface area (TPSA) is 81.7 Å². The average Bonchev–Trinajstić information content (AvgIpc) is 2.29. The van der Waals surface area contributed by atoms with E-state index in [0.717, 1.165) is 12.6 Å². The molecule has 0 atom stereocenters. The lowest BCUT2D eigenvalue weighted by Gasteiger charge is -2.30. The maximum absolute atomic E-state index is 11.4. The van der Waals surface area contributed by atoms with Gasteiger partial charge >= 0.3 is 12.0 Å². The summed E-state index contributed by atoms with van der Waals surface area (Å²) >= 11 is 0. The highest BCUT2D eigenvalue weighted by molar-refractivity contribution is 5.80. The zero-order valence-corrected chi connectivity index (χ0v) is 12.1. The maximum Gasteiger partial charge on any atom is 0.328 e. The Bertz CT molecular complexity index is 306. The number of carboxylic acid groups (broad SMARTS) is 1. The maximum atomic E-state index is 11.4. The van der Waals surface area contributed by atoms with Gasteiger partial charge in [0.2, 0.25) is 0 Å². The summed E-state index contributed by atoms with van der Waals surface area (Å²) < 4.78 is 0. The van der Waals surface area contributed by atoms with Gasteiger partial charge in [0.05, 0.1) is 0 Å². The van der Waals surface area contributed by atoms with E-state index in [1.807, 2.05) is 0 Å². The van der Waals surface area contributed by atoms with Gasteiger partial charge in [-0.15, -0.1) is 0 Å². The fourth-order valence-corrected chi connectivity index (χ4v) is 1.79. The third kappa shape index (κ3) is 9.07. The normalized spacial score (nSPS) is 11.5. The first-order valence-corrected chi connectivity index (χ1v) is 6.51. The van der Waals surface area contributed by atoms with Crippen molar-refractivity contribution in [3.63, 3.8) is 0 Å². The van der Waals surface area contributed by atoms with Gasteiger partial charge in [0.25, 0.3) is 0 Å². The molecule has 0 aliphatic carbocycles. The molecular weight excluding hydrogens is 246 g/mol. The molecule has 0 saturated carbocycles. The predicted molar refractivity (Wildman–Crippen MR) is 75.2 cm³/mol.